The smallest absolute Gasteiger partial charge is 0.260 e. The topological polar surface area (TPSA) is 42.2 Å². The van der Waals surface area contributed by atoms with E-state index in [9.17, 15) is 4.39 Å². The summed E-state index contributed by atoms with van der Waals surface area (Å²) in [6.07, 6.45) is 2.04. The highest BCUT2D eigenvalue weighted by Crippen LogP contribution is 2.29. The average Bonchev–Trinajstić information content (AvgIpc) is 2.97. The van der Waals surface area contributed by atoms with Crippen molar-refractivity contribution in [1.29, 1.82) is 0 Å². The zero-order valence-corrected chi connectivity index (χ0v) is 13.3. The van der Waals surface area contributed by atoms with Crippen molar-refractivity contribution in [2.75, 3.05) is 13.1 Å². The summed E-state index contributed by atoms with van der Waals surface area (Å²) >= 11 is 0. The lowest BCUT2D eigenvalue weighted by Gasteiger charge is -2.33. The van der Waals surface area contributed by atoms with Gasteiger partial charge in [0.25, 0.3) is 5.89 Å². The SMILES string of the molecule is Cc1ccc(-c2nc(C3CCN(C(C)C)CC3)no2)c(F)c1. The fraction of sp³-hybridized carbons (Fsp3) is 0.529. The summed E-state index contributed by atoms with van der Waals surface area (Å²) < 4.78 is 19.3. The van der Waals surface area contributed by atoms with Gasteiger partial charge >= 0.3 is 0 Å². The van der Waals surface area contributed by atoms with Crippen molar-refractivity contribution in [2.24, 2.45) is 0 Å². The van der Waals surface area contributed by atoms with Gasteiger partial charge in [-0.3, -0.25) is 0 Å². The fourth-order valence-corrected chi connectivity index (χ4v) is 2.98. The minimum absolute atomic E-state index is 0.277. The Labute approximate surface area is 130 Å². The Hall–Kier alpha value is -1.75. The van der Waals surface area contributed by atoms with Crippen molar-refractivity contribution < 1.29 is 8.91 Å². The molecule has 2 heterocycles. The van der Waals surface area contributed by atoms with E-state index in [4.69, 9.17) is 4.52 Å². The van der Waals surface area contributed by atoms with E-state index in [0.717, 1.165) is 31.5 Å². The summed E-state index contributed by atoms with van der Waals surface area (Å²) in [7, 11) is 0. The molecular weight excluding hydrogens is 281 g/mol. The first-order chi connectivity index (χ1) is 10.5. The summed E-state index contributed by atoms with van der Waals surface area (Å²) in [6.45, 7) is 8.38. The largest absolute Gasteiger partial charge is 0.334 e. The molecule has 4 nitrogen and oxygen atoms in total. The standard InChI is InChI=1S/C17H22FN3O/c1-11(2)21-8-6-13(7-9-21)16-19-17(22-20-16)14-5-4-12(3)10-15(14)18/h4-5,10-11,13H,6-9H2,1-3H3. The van der Waals surface area contributed by atoms with Crippen LogP contribution in [0.15, 0.2) is 22.7 Å². The Morgan fingerprint density at radius 2 is 2.00 bits per heavy atom. The molecule has 118 valence electrons. The summed E-state index contributed by atoms with van der Waals surface area (Å²) in [4.78, 5) is 6.88. The number of hydrogen-bond acceptors (Lipinski definition) is 4. The minimum atomic E-state index is -0.315. The molecule has 1 aliphatic heterocycles. The molecule has 3 rings (SSSR count). The Bertz CT molecular complexity index is 645. The van der Waals surface area contributed by atoms with Crippen LogP contribution in [0.3, 0.4) is 0 Å². The maximum Gasteiger partial charge on any atom is 0.260 e. The second-order valence-corrected chi connectivity index (χ2v) is 6.35. The molecule has 0 amide bonds. The number of aromatic nitrogens is 2. The monoisotopic (exact) mass is 303 g/mol. The van der Waals surface area contributed by atoms with E-state index in [1.54, 1.807) is 6.07 Å². The van der Waals surface area contributed by atoms with Gasteiger partial charge in [0.05, 0.1) is 5.56 Å². The van der Waals surface area contributed by atoms with E-state index in [1.165, 1.54) is 6.07 Å². The highest BCUT2D eigenvalue weighted by molar-refractivity contribution is 5.54. The number of rotatable bonds is 3. The Balaban J connectivity index is 1.74. The molecule has 0 unspecified atom stereocenters. The zero-order valence-electron chi connectivity index (χ0n) is 13.3. The van der Waals surface area contributed by atoms with Crippen LogP contribution in [0.2, 0.25) is 0 Å². The van der Waals surface area contributed by atoms with Crippen molar-refractivity contribution in [3.63, 3.8) is 0 Å². The highest BCUT2D eigenvalue weighted by atomic mass is 19.1. The molecule has 0 saturated carbocycles. The van der Waals surface area contributed by atoms with Gasteiger partial charge in [-0.2, -0.15) is 4.98 Å². The predicted octanol–water partition coefficient (Wildman–Crippen LogP) is 3.77. The summed E-state index contributed by atoms with van der Waals surface area (Å²) in [5, 5.41) is 4.08. The van der Waals surface area contributed by atoms with Gasteiger partial charge < -0.3 is 9.42 Å². The zero-order chi connectivity index (χ0) is 15.7. The molecule has 22 heavy (non-hydrogen) atoms. The summed E-state index contributed by atoms with van der Waals surface area (Å²) in [6, 6.07) is 5.61. The lowest BCUT2D eigenvalue weighted by molar-refractivity contribution is 0.168. The maximum atomic E-state index is 14.0. The quantitative estimate of drug-likeness (QED) is 0.865. The van der Waals surface area contributed by atoms with E-state index in [-0.39, 0.29) is 11.7 Å². The van der Waals surface area contributed by atoms with Crippen molar-refractivity contribution in [3.05, 3.63) is 35.4 Å². The van der Waals surface area contributed by atoms with Crippen LogP contribution in [0.4, 0.5) is 4.39 Å². The first-order valence-corrected chi connectivity index (χ1v) is 7.89. The third-order valence-corrected chi connectivity index (χ3v) is 4.42. The van der Waals surface area contributed by atoms with Crippen molar-refractivity contribution in [3.8, 4) is 11.5 Å². The molecule has 1 aromatic carbocycles. The molecule has 5 heteroatoms. The van der Waals surface area contributed by atoms with E-state index in [1.807, 2.05) is 13.0 Å². The van der Waals surface area contributed by atoms with Crippen LogP contribution in [0.1, 0.15) is 44.0 Å². The van der Waals surface area contributed by atoms with Gasteiger partial charge in [0.2, 0.25) is 0 Å². The third kappa shape index (κ3) is 3.04. The van der Waals surface area contributed by atoms with E-state index in [2.05, 4.69) is 28.9 Å². The Morgan fingerprint density at radius 3 is 2.64 bits per heavy atom. The van der Waals surface area contributed by atoms with E-state index >= 15 is 0 Å². The number of halogens is 1. The van der Waals surface area contributed by atoms with Crippen LogP contribution in [-0.4, -0.2) is 34.2 Å². The van der Waals surface area contributed by atoms with Gasteiger partial charge in [-0.25, -0.2) is 4.39 Å². The van der Waals surface area contributed by atoms with Gasteiger partial charge in [0.1, 0.15) is 5.82 Å². The normalized spacial score (nSPS) is 17.3. The molecule has 0 radical (unpaired) electrons. The summed E-state index contributed by atoms with van der Waals surface area (Å²) in [5.41, 5.74) is 1.26. The lowest BCUT2D eigenvalue weighted by atomic mass is 9.95. The van der Waals surface area contributed by atoms with Gasteiger partial charge in [0, 0.05) is 12.0 Å². The van der Waals surface area contributed by atoms with Gasteiger partial charge in [0.15, 0.2) is 5.82 Å². The van der Waals surface area contributed by atoms with Gasteiger partial charge in [-0.05, 0) is 64.4 Å². The predicted molar refractivity (Wildman–Crippen MR) is 83.1 cm³/mol. The molecule has 0 aliphatic carbocycles. The van der Waals surface area contributed by atoms with E-state index in [0.29, 0.717) is 23.3 Å². The Kier molecular flexibility index (Phi) is 4.25. The molecule has 0 bridgehead atoms. The van der Waals surface area contributed by atoms with Crippen LogP contribution in [0.5, 0.6) is 0 Å². The fourth-order valence-electron chi connectivity index (χ4n) is 2.98. The molecule has 0 N–H and O–H groups in total. The highest BCUT2D eigenvalue weighted by Gasteiger charge is 2.26. The maximum absolute atomic E-state index is 14.0. The second-order valence-electron chi connectivity index (χ2n) is 6.35. The Morgan fingerprint density at radius 1 is 1.27 bits per heavy atom. The van der Waals surface area contributed by atoms with Crippen LogP contribution in [-0.2, 0) is 0 Å². The minimum Gasteiger partial charge on any atom is -0.334 e. The van der Waals surface area contributed by atoms with Gasteiger partial charge in [-0.1, -0.05) is 11.2 Å². The van der Waals surface area contributed by atoms with Crippen molar-refractivity contribution in [1.82, 2.24) is 15.0 Å². The second kappa shape index (κ2) is 6.16. The molecule has 2 aromatic rings. The van der Waals surface area contributed by atoms with Gasteiger partial charge in [-0.15, -0.1) is 0 Å². The first-order valence-electron chi connectivity index (χ1n) is 7.89. The van der Waals surface area contributed by atoms with Crippen LogP contribution in [0, 0.1) is 12.7 Å². The van der Waals surface area contributed by atoms with Crippen molar-refractivity contribution in [2.45, 2.75) is 45.6 Å². The number of nitrogens with zero attached hydrogens (tertiary/aromatic N) is 3. The number of likely N-dealkylation sites (tertiary alicyclic amines) is 1. The van der Waals surface area contributed by atoms with E-state index < -0.39 is 0 Å². The number of piperidine rings is 1. The van der Waals surface area contributed by atoms with Crippen molar-refractivity contribution >= 4 is 0 Å². The number of benzene rings is 1. The number of aryl methyl sites for hydroxylation is 1. The average molecular weight is 303 g/mol. The first kappa shape index (κ1) is 15.2. The summed E-state index contributed by atoms with van der Waals surface area (Å²) in [5.74, 6) is 0.975. The third-order valence-electron chi connectivity index (χ3n) is 4.42. The molecule has 1 saturated heterocycles. The molecule has 0 spiro atoms. The van der Waals surface area contributed by atoms with Crippen LogP contribution >= 0.6 is 0 Å². The molecular formula is C17H22FN3O. The number of hydrogen-bond donors (Lipinski definition) is 0. The molecule has 1 aliphatic rings. The molecule has 1 aromatic heterocycles. The molecule has 0 atom stereocenters. The lowest BCUT2D eigenvalue weighted by Crippen LogP contribution is -2.38. The van der Waals surface area contributed by atoms with Crippen LogP contribution in [0.25, 0.3) is 11.5 Å². The molecule has 1 fully saturated rings. The van der Waals surface area contributed by atoms with Crippen LogP contribution < -0.4 is 0 Å².